The lowest BCUT2D eigenvalue weighted by atomic mass is 10.2. The summed E-state index contributed by atoms with van der Waals surface area (Å²) in [5.74, 6) is 0. The first kappa shape index (κ1) is 9.65. The van der Waals surface area contributed by atoms with Crippen molar-refractivity contribution in [3.8, 4) is 0 Å². The number of fused-ring (bicyclic) bond motifs is 1. The molecule has 74 valence electrons. The van der Waals surface area contributed by atoms with Crippen molar-refractivity contribution in [3.05, 3.63) is 34.7 Å². The van der Waals surface area contributed by atoms with Crippen LogP contribution in [0.2, 0.25) is 0 Å². The van der Waals surface area contributed by atoms with Crippen molar-refractivity contribution >= 4 is 21.4 Å². The van der Waals surface area contributed by atoms with Gasteiger partial charge in [-0.25, -0.2) is 9.78 Å². The van der Waals surface area contributed by atoms with E-state index in [2.05, 4.69) is 36.1 Å². The van der Waals surface area contributed by atoms with Crippen LogP contribution in [-0.2, 0) is 16.4 Å². The van der Waals surface area contributed by atoms with Crippen LogP contribution < -0.4 is 0 Å². The van der Waals surface area contributed by atoms with Gasteiger partial charge in [-0.1, -0.05) is 6.07 Å². The minimum Gasteiger partial charge on any atom is -0.240 e. The Morgan fingerprint density at radius 1 is 1.29 bits per heavy atom. The zero-order valence-electron chi connectivity index (χ0n) is 8.24. The van der Waals surface area contributed by atoms with Crippen molar-refractivity contribution < 1.29 is 9.78 Å². The van der Waals surface area contributed by atoms with Crippen molar-refractivity contribution in [1.82, 2.24) is 0 Å². The average Bonchev–Trinajstić information content (AvgIpc) is 2.54. The fourth-order valence-electron chi connectivity index (χ4n) is 1.44. The number of hydrogen-bond donors (Lipinski definition) is 0. The third kappa shape index (κ3) is 1.95. The molecule has 0 bridgehead atoms. The molecule has 2 rings (SSSR count). The van der Waals surface area contributed by atoms with E-state index in [-0.39, 0.29) is 0 Å². The summed E-state index contributed by atoms with van der Waals surface area (Å²) in [5, 5.41) is 1.28. The zero-order valence-corrected chi connectivity index (χ0v) is 9.06. The molecule has 0 spiro atoms. The molecule has 0 N–H and O–H groups in total. The Morgan fingerprint density at radius 3 is 2.93 bits per heavy atom. The Balaban J connectivity index is 2.31. The van der Waals surface area contributed by atoms with Gasteiger partial charge in [0.25, 0.3) is 0 Å². The van der Waals surface area contributed by atoms with Gasteiger partial charge >= 0.3 is 0 Å². The molecule has 0 fully saturated rings. The Hall–Kier alpha value is -0.900. The number of benzene rings is 1. The van der Waals surface area contributed by atoms with Gasteiger partial charge in [-0.15, -0.1) is 11.3 Å². The second kappa shape index (κ2) is 4.09. The molecule has 0 atom stereocenters. The summed E-state index contributed by atoms with van der Waals surface area (Å²) in [5.41, 5.74) is 1.14. The fourth-order valence-corrected chi connectivity index (χ4v) is 2.35. The van der Waals surface area contributed by atoms with Gasteiger partial charge in [0.05, 0.1) is 7.11 Å². The highest BCUT2D eigenvalue weighted by Gasteiger charge is 2.00. The predicted molar refractivity (Wildman–Crippen MR) is 58.4 cm³/mol. The van der Waals surface area contributed by atoms with Gasteiger partial charge in [0.2, 0.25) is 0 Å². The third-order valence-electron chi connectivity index (χ3n) is 2.05. The molecule has 0 amide bonds. The number of thiophene rings is 1. The Bertz CT molecular complexity index is 434. The smallest absolute Gasteiger partial charge is 0.107 e. The first-order valence-electron chi connectivity index (χ1n) is 4.44. The summed E-state index contributed by atoms with van der Waals surface area (Å²) >= 11 is 1.81. The summed E-state index contributed by atoms with van der Waals surface area (Å²) in [6.07, 6.45) is 0. The molecular weight excluding hydrogens is 196 g/mol. The van der Waals surface area contributed by atoms with E-state index in [1.165, 1.54) is 22.1 Å². The summed E-state index contributed by atoms with van der Waals surface area (Å²) in [6.45, 7) is 2.62. The van der Waals surface area contributed by atoms with Crippen LogP contribution in [0.4, 0.5) is 0 Å². The number of hydrogen-bond acceptors (Lipinski definition) is 3. The van der Waals surface area contributed by atoms with Gasteiger partial charge in [0.15, 0.2) is 0 Å². The van der Waals surface area contributed by atoms with Crippen molar-refractivity contribution in [2.45, 2.75) is 13.5 Å². The lowest BCUT2D eigenvalue weighted by Crippen LogP contribution is -1.90. The van der Waals surface area contributed by atoms with Gasteiger partial charge in [0, 0.05) is 9.58 Å². The van der Waals surface area contributed by atoms with Gasteiger partial charge in [0.1, 0.15) is 6.61 Å². The first-order chi connectivity index (χ1) is 6.79. The highest BCUT2D eigenvalue weighted by molar-refractivity contribution is 7.19. The summed E-state index contributed by atoms with van der Waals surface area (Å²) in [7, 11) is 1.52. The summed E-state index contributed by atoms with van der Waals surface area (Å²) < 4.78 is 1.32. The van der Waals surface area contributed by atoms with Crippen molar-refractivity contribution in [3.63, 3.8) is 0 Å². The molecule has 0 unspecified atom stereocenters. The maximum Gasteiger partial charge on any atom is 0.107 e. The van der Waals surface area contributed by atoms with Crippen LogP contribution in [-0.4, -0.2) is 7.11 Å². The minimum atomic E-state index is 0.501. The van der Waals surface area contributed by atoms with Crippen LogP contribution in [0.15, 0.2) is 24.3 Å². The van der Waals surface area contributed by atoms with Crippen LogP contribution in [0.5, 0.6) is 0 Å². The van der Waals surface area contributed by atoms with Crippen LogP contribution in [0.1, 0.15) is 10.4 Å². The standard InChI is InChI=1S/C11H12O2S/c1-8-5-10-6-9(7-13-12-2)3-4-11(10)14-8/h3-6H,7H2,1-2H3. The van der Waals surface area contributed by atoms with E-state index in [1.807, 2.05) is 11.3 Å². The van der Waals surface area contributed by atoms with Crippen LogP contribution in [0, 0.1) is 6.92 Å². The van der Waals surface area contributed by atoms with Crippen molar-refractivity contribution in [2.75, 3.05) is 7.11 Å². The number of rotatable bonds is 3. The van der Waals surface area contributed by atoms with Crippen LogP contribution in [0.3, 0.4) is 0 Å². The van der Waals surface area contributed by atoms with E-state index >= 15 is 0 Å². The second-order valence-electron chi connectivity index (χ2n) is 3.16. The lowest BCUT2D eigenvalue weighted by Gasteiger charge is -1.99. The normalized spacial score (nSPS) is 11.0. The Labute approximate surface area is 87.0 Å². The molecule has 0 radical (unpaired) electrons. The van der Waals surface area contributed by atoms with Crippen LogP contribution >= 0.6 is 11.3 Å². The van der Waals surface area contributed by atoms with Crippen LogP contribution in [0.25, 0.3) is 10.1 Å². The molecule has 0 saturated carbocycles. The van der Waals surface area contributed by atoms with E-state index in [0.717, 1.165) is 5.56 Å². The summed E-state index contributed by atoms with van der Waals surface area (Å²) in [4.78, 5) is 10.8. The maximum atomic E-state index is 4.88. The monoisotopic (exact) mass is 208 g/mol. The quantitative estimate of drug-likeness (QED) is 0.569. The predicted octanol–water partition coefficient (Wildman–Crippen LogP) is 3.29. The van der Waals surface area contributed by atoms with Gasteiger partial charge in [-0.3, -0.25) is 0 Å². The van der Waals surface area contributed by atoms with E-state index in [0.29, 0.717) is 6.61 Å². The first-order valence-corrected chi connectivity index (χ1v) is 5.26. The molecule has 1 aromatic carbocycles. The molecule has 0 aliphatic rings. The third-order valence-corrected chi connectivity index (χ3v) is 3.08. The lowest BCUT2D eigenvalue weighted by molar-refractivity contribution is -0.282. The maximum absolute atomic E-state index is 4.88. The highest BCUT2D eigenvalue weighted by atomic mass is 32.1. The van der Waals surface area contributed by atoms with E-state index in [4.69, 9.17) is 4.89 Å². The SMILES string of the molecule is COOCc1ccc2sc(C)cc2c1. The molecule has 3 heteroatoms. The molecule has 2 aromatic rings. The Kier molecular flexibility index (Phi) is 2.82. The van der Waals surface area contributed by atoms with E-state index in [9.17, 15) is 0 Å². The largest absolute Gasteiger partial charge is 0.240 e. The molecule has 1 heterocycles. The molecule has 1 aromatic heterocycles. The van der Waals surface area contributed by atoms with Gasteiger partial charge < -0.3 is 0 Å². The van der Waals surface area contributed by atoms with Crippen molar-refractivity contribution in [1.29, 1.82) is 0 Å². The molecule has 0 aliphatic carbocycles. The molecule has 0 saturated heterocycles. The van der Waals surface area contributed by atoms with Crippen molar-refractivity contribution in [2.24, 2.45) is 0 Å². The minimum absolute atomic E-state index is 0.501. The number of aryl methyl sites for hydroxylation is 1. The topological polar surface area (TPSA) is 18.5 Å². The highest BCUT2D eigenvalue weighted by Crippen LogP contribution is 2.25. The summed E-state index contributed by atoms with van der Waals surface area (Å²) in [6, 6.07) is 8.52. The fraction of sp³-hybridized carbons (Fsp3) is 0.273. The van der Waals surface area contributed by atoms with Gasteiger partial charge in [-0.2, -0.15) is 0 Å². The Morgan fingerprint density at radius 2 is 2.14 bits per heavy atom. The zero-order chi connectivity index (χ0) is 9.97. The molecule has 0 aliphatic heterocycles. The van der Waals surface area contributed by atoms with E-state index in [1.54, 1.807) is 0 Å². The average molecular weight is 208 g/mol. The molecule has 2 nitrogen and oxygen atoms in total. The van der Waals surface area contributed by atoms with Gasteiger partial charge in [-0.05, 0) is 36.1 Å². The molecular formula is C11H12O2S. The van der Waals surface area contributed by atoms with E-state index < -0.39 is 0 Å². The second-order valence-corrected chi connectivity index (χ2v) is 4.45. The molecule has 14 heavy (non-hydrogen) atoms.